The molecule has 0 fully saturated rings. The van der Waals surface area contributed by atoms with Gasteiger partial charge in [0.25, 0.3) is 11.6 Å². The third-order valence-electron chi connectivity index (χ3n) is 6.14. The molecule has 0 spiro atoms. The minimum atomic E-state index is -0.554. The van der Waals surface area contributed by atoms with Gasteiger partial charge in [-0.25, -0.2) is 4.79 Å². The fourth-order valence-electron chi connectivity index (χ4n) is 4.23. The quantitative estimate of drug-likeness (QED) is 0.114. The maximum Gasteiger partial charge on any atom is 0.341 e. The van der Waals surface area contributed by atoms with Crippen molar-refractivity contribution < 1.29 is 24.0 Å². The Bertz CT molecular complexity index is 1390. The van der Waals surface area contributed by atoms with Crippen molar-refractivity contribution in [2.45, 2.75) is 49.2 Å². The molecule has 0 saturated carbocycles. The zero-order chi connectivity index (χ0) is 27.2. The van der Waals surface area contributed by atoms with Crippen molar-refractivity contribution >= 4 is 57.3 Å². The molecule has 0 aliphatic heterocycles. The van der Waals surface area contributed by atoms with Crippen molar-refractivity contribution in [3.05, 3.63) is 80.2 Å². The summed E-state index contributed by atoms with van der Waals surface area (Å²) in [5, 5.41) is 16.7. The zero-order valence-electron chi connectivity index (χ0n) is 20.9. The van der Waals surface area contributed by atoms with E-state index in [0.717, 1.165) is 47.4 Å². The van der Waals surface area contributed by atoms with Crippen LogP contribution in [0.5, 0.6) is 0 Å². The number of methoxy groups -OCH3 is 1. The minimum absolute atomic E-state index is 0.167. The number of fused-ring (bicyclic) bond motifs is 1. The number of nitrogens with one attached hydrogen (secondary N) is 2. The number of benzene rings is 2. The van der Waals surface area contributed by atoms with Gasteiger partial charge in [-0.05, 0) is 62.4 Å². The van der Waals surface area contributed by atoms with Crippen molar-refractivity contribution in [2.75, 3.05) is 17.7 Å². The minimum Gasteiger partial charge on any atom is -0.465 e. The van der Waals surface area contributed by atoms with Gasteiger partial charge in [-0.1, -0.05) is 18.6 Å². The SMILES string of the molecule is COC(=O)c1c(NC(=O)C(C)Sc2cccc(NC(=O)c3cccc([N+](=O)[O-])c3)c2)sc2c1CCCCC2. The molecule has 4 rings (SSSR count). The molecule has 1 aliphatic rings. The highest BCUT2D eigenvalue weighted by molar-refractivity contribution is 8.00. The standard InChI is InChI=1S/C27H27N3O6S2/c1-16(24(31)29-26-23(27(33)36-2)21-12-4-3-5-13-22(21)38-26)37-20-11-7-9-18(15-20)28-25(32)17-8-6-10-19(14-17)30(34)35/h6-11,14-16H,3-5,12-13H2,1-2H3,(H,28,32)(H,29,31). The summed E-state index contributed by atoms with van der Waals surface area (Å²) in [6, 6.07) is 12.5. The number of hydrogen-bond donors (Lipinski definition) is 2. The third-order valence-corrected chi connectivity index (χ3v) is 8.44. The predicted molar refractivity (Wildman–Crippen MR) is 148 cm³/mol. The Balaban J connectivity index is 1.44. The molecule has 0 saturated heterocycles. The summed E-state index contributed by atoms with van der Waals surface area (Å²) in [5.41, 5.74) is 1.95. The summed E-state index contributed by atoms with van der Waals surface area (Å²) in [6.07, 6.45) is 4.86. The maximum absolute atomic E-state index is 13.1. The zero-order valence-corrected chi connectivity index (χ0v) is 22.6. The van der Waals surface area contributed by atoms with E-state index in [-0.39, 0.29) is 17.2 Å². The second-order valence-corrected chi connectivity index (χ2v) is 11.3. The molecule has 1 aromatic heterocycles. The Morgan fingerprint density at radius 3 is 2.58 bits per heavy atom. The number of esters is 1. The number of amides is 2. The second kappa shape index (κ2) is 12.2. The van der Waals surface area contributed by atoms with Crippen LogP contribution >= 0.6 is 23.1 Å². The lowest BCUT2D eigenvalue weighted by Gasteiger charge is -2.13. The van der Waals surface area contributed by atoms with Crippen molar-refractivity contribution in [2.24, 2.45) is 0 Å². The highest BCUT2D eigenvalue weighted by atomic mass is 32.2. The Morgan fingerprint density at radius 1 is 1.05 bits per heavy atom. The Kier molecular flexibility index (Phi) is 8.80. The van der Waals surface area contributed by atoms with Crippen molar-refractivity contribution in [1.29, 1.82) is 0 Å². The molecule has 11 heteroatoms. The van der Waals surface area contributed by atoms with E-state index >= 15 is 0 Å². The number of non-ortho nitro benzene ring substituents is 1. The van der Waals surface area contributed by atoms with Gasteiger partial charge in [0.1, 0.15) is 5.00 Å². The number of nitro benzene ring substituents is 1. The molecule has 1 atom stereocenters. The molecule has 2 N–H and O–H groups in total. The molecule has 9 nitrogen and oxygen atoms in total. The Labute approximate surface area is 228 Å². The first-order valence-electron chi connectivity index (χ1n) is 12.1. The van der Waals surface area contributed by atoms with Gasteiger partial charge in [0, 0.05) is 33.2 Å². The van der Waals surface area contributed by atoms with E-state index in [9.17, 15) is 24.5 Å². The van der Waals surface area contributed by atoms with E-state index in [1.54, 1.807) is 25.1 Å². The predicted octanol–water partition coefficient (Wildman–Crippen LogP) is 6.08. The molecule has 2 aromatic carbocycles. The monoisotopic (exact) mass is 553 g/mol. The molecule has 1 unspecified atom stereocenters. The number of thioether (sulfide) groups is 1. The summed E-state index contributed by atoms with van der Waals surface area (Å²) in [5.74, 6) is -1.16. The van der Waals surface area contributed by atoms with E-state index in [0.29, 0.717) is 16.3 Å². The topological polar surface area (TPSA) is 128 Å². The summed E-state index contributed by atoms with van der Waals surface area (Å²) < 4.78 is 5.02. The van der Waals surface area contributed by atoms with Crippen LogP contribution in [-0.2, 0) is 22.4 Å². The molecule has 38 heavy (non-hydrogen) atoms. The number of rotatable bonds is 8. The lowest BCUT2D eigenvalue weighted by Crippen LogP contribution is -2.23. The molecule has 0 bridgehead atoms. The van der Waals surface area contributed by atoms with Crippen LogP contribution in [0.4, 0.5) is 16.4 Å². The molecule has 1 heterocycles. The van der Waals surface area contributed by atoms with Crippen molar-refractivity contribution in [3.63, 3.8) is 0 Å². The van der Waals surface area contributed by atoms with Gasteiger partial charge >= 0.3 is 5.97 Å². The van der Waals surface area contributed by atoms with Crippen LogP contribution in [0.1, 0.15) is 57.3 Å². The van der Waals surface area contributed by atoms with Crippen LogP contribution in [0.15, 0.2) is 53.4 Å². The van der Waals surface area contributed by atoms with Gasteiger partial charge in [-0.2, -0.15) is 0 Å². The number of hydrogen-bond acceptors (Lipinski definition) is 8. The lowest BCUT2D eigenvalue weighted by atomic mass is 10.1. The number of carbonyl (C=O) groups is 3. The number of anilines is 2. The molecular formula is C27H27N3O6S2. The summed E-state index contributed by atoms with van der Waals surface area (Å²) in [4.78, 5) is 50.6. The van der Waals surface area contributed by atoms with E-state index in [2.05, 4.69) is 10.6 Å². The average Bonchev–Trinajstić information content (AvgIpc) is 3.08. The van der Waals surface area contributed by atoms with Crippen molar-refractivity contribution in [3.8, 4) is 0 Å². The van der Waals surface area contributed by atoms with Gasteiger partial charge in [-0.3, -0.25) is 19.7 Å². The first kappa shape index (κ1) is 27.3. The molecule has 3 aromatic rings. The summed E-state index contributed by atoms with van der Waals surface area (Å²) in [6.45, 7) is 1.77. The Hall–Kier alpha value is -3.70. The van der Waals surface area contributed by atoms with Gasteiger partial charge < -0.3 is 15.4 Å². The largest absolute Gasteiger partial charge is 0.465 e. The highest BCUT2D eigenvalue weighted by Crippen LogP contribution is 2.38. The van der Waals surface area contributed by atoms with Gasteiger partial charge in [0.05, 0.1) is 22.8 Å². The smallest absolute Gasteiger partial charge is 0.341 e. The van der Waals surface area contributed by atoms with Crippen LogP contribution in [0.3, 0.4) is 0 Å². The highest BCUT2D eigenvalue weighted by Gasteiger charge is 2.27. The van der Waals surface area contributed by atoms with Crippen molar-refractivity contribution in [1.82, 2.24) is 0 Å². The van der Waals surface area contributed by atoms with Crippen LogP contribution in [0, 0.1) is 10.1 Å². The third kappa shape index (κ3) is 6.40. The Morgan fingerprint density at radius 2 is 1.82 bits per heavy atom. The van der Waals surface area contributed by atoms with Gasteiger partial charge in [-0.15, -0.1) is 23.1 Å². The van der Waals surface area contributed by atoms with E-state index < -0.39 is 22.0 Å². The number of nitrogens with zero attached hydrogens (tertiary/aromatic N) is 1. The summed E-state index contributed by atoms with van der Waals surface area (Å²) in [7, 11) is 1.35. The first-order chi connectivity index (χ1) is 18.3. The van der Waals surface area contributed by atoms with E-state index in [1.165, 1.54) is 54.5 Å². The number of carbonyl (C=O) groups excluding carboxylic acids is 3. The maximum atomic E-state index is 13.1. The second-order valence-electron chi connectivity index (χ2n) is 8.80. The van der Waals surface area contributed by atoms with Gasteiger partial charge in [0.15, 0.2) is 0 Å². The molecular weight excluding hydrogens is 526 g/mol. The first-order valence-corrected chi connectivity index (χ1v) is 13.8. The van der Waals surface area contributed by atoms with Gasteiger partial charge in [0.2, 0.25) is 5.91 Å². The van der Waals surface area contributed by atoms with Crippen LogP contribution in [0.25, 0.3) is 0 Å². The molecule has 1 aliphatic carbocycles. The molecule has 198 valence electrons. The van der Waals surface area contributed by atoms with Crippen LogP contribution < -0.4 is 10.6 Å². The normalized spacial score (nSPS) is 13.5. The van der Waals surface area contributed by atoms with E-state index in [1.807, 2.05) is 6.07 Å². The lowest BCUT2D eigenvalue weighted by molar-refractivity contribution is -0.384. The summed E-state index contributed by atoms with van der Waals surface area (Å²) >= 11 is 2.76. The fraction of sp³-hybridized carbons (Fsp3) is 0.296. The number of nitro groups is 1. The van der Waals surface area contributed by atoms with Crippen LogP contribution in [0.2, 0.25) is 0 Å². The number of ether oxygens (including phenoxy) is 1. The average molecular weight is 554 g/mol. The van der Waals surface area contributed by atoms with Crippen LogP contribution in [-0.4, -0.2) is 35.1 Å². The fourth-order valence-corrected chi connectivity index (χ4v) is 6.44. The number of aryl methyl sites for hydroxylation is 1. The molecule has 0 radical (unpaired) electrons. The van der Waals surface area contributed by atoms with E-state index in [4.69, 9.17) is 4.74 Å². The number of thiophene rings is 1. The molecule has 2 amide bonds.